The van der Waals surface area contributed by atoms with Gasteiger partial charge in [0.15, 0.2) is 0 Å². The van der Waals surface area contributed by atoms with Gasteiger partial charge in [0, 0.05) is 23.2 Å². The molecule has 0 aliphatic heterocycles. The smallest absolute Gasteiger partial charge is 0.0964 e. The topological polar surface area (TPSA) is 25.8 Å². The molecule has 3 rings (SSSR count). The van der Waals surface area contributed by atoms with Crippen molar-refractivity contribution in [3.05, 3.63) is 48.8 Å². The van der Waals surface area contributed by atoms with Crippen LogP contribution < -0.4 is 0 Å². The molecule has 1 aromatic carbocycles. The molecule has 0 N–H and O–H groups in total. The van der Waals surface area contributed by atoms with E-state index in [0.717, 1.165) is 30.7 Å². The van der Waals surface area contributed by atoms with Crippen LogP contribution in [-0.4, -0.2) is 26.1 Å². The molecule has 21 heavy (non-hydrogen) atoms. The van der Waals surface area contributed by atoms with E-state index in [9.17, 15) is 0 Å². The van der Waals surface area contributed by atoms with E-state index in [4.69, 9.17) is 17.8 Å². The van der Waals surface area contributed by atoms with Gasteiger partial charge in [-0.2, -0.15) is 0 Å². The molecule has 0 radical (unpaired) electrons. The monoisotopic (exact) mass is 428 g/mol. The van der Waals surface area contributed by atoms with Gasteiger partial charge < -0.3 is 0 Å². The van der Waals surface area contributed by atoms with E-state index in [2.05, 4.69) is 48.1 Å². The van der Waals surface area contributed by atoms with E-state index in [1.165, 1.54) is 0 Å². The summed E-state index contributed by atoms with van der Waals surface area (Å²) in [6, 6.07) is 12.1. The maximum atomic E-state index is 5.88. The van der Waals surface area contributed by atoms with Gasteiger partial charge in [-0.3, -0.25) is 9.97 Å². The molecule has 0 saturated carbocycles. The first-order chi connectivity index (χ1) is 10.1. The zero-order chi connectivity index (χ0) is 15.3. The van der Waals surface area contributed by atoms with Crippen LogP contribution in [0.1, 0.15) is 13.8 Å². The van der Waals surface area contributed by atoms with Crippen LogP contribution in [-0.2, 0) is 0 Å². The summed E-state index contributed by atoms with van der Waals surface area (Å²) in [5.74, 6) is 0. The Morgan fingerprint density at radius 2 is 1.24 bits per heavy atom. The molecule has 0 fully saturated rings. The Morgan fingerprint density at radius 1 is 0.810 bits per heavy atom. The molecule has 0 unspecified atom stereocenters. The van der Waals surface area contributed by atoms with Crippen LogP contribution in [0.2, 0.25) is 8.87 Å². The predicted octanol–water partition coefficient (Wildman–Crippen LogP) is 5.73. The van der Waals surface area contributed by atoms with Crippen LogP contribution in [0, 0.1) is 0 Å². The van der Waals surface area contributed by atoms with Gasteiger partial charge in [-0.05, 0) is 12.1 Å². The molecule has 2 aromatic heterocycles. The fraction of sp³-hybridized carbons (Fsp3) is 0.250. The van der Waals surface area contributed by atoms with Crippen molar-refractivity contribution >= 4 is 55.8 Å². The molecule has 2 nitrogen and oxygen atoms in total. The molecule has 3 aromatic rings. The number of halogens is 2. The Labute approximate surface area is 136 Å². The summed E-state index contributed by atoms with van der Waals surface area (Å²) in [5.41, 5.74) is 1.95. The minimum Gasteiger partial charge on any atom is -0.254 e. The molecule has 110 valence electrons. The van der Waals surface area contributed by atoms with Gasteiger partial charge in [-0.25, -0.2) is 0 Å². The molecular weight excluding hydrogens is 410 g/mol. The average molecular weight is 428 g/mol. The summed E-state index contributed by atoms with van der Waals surface area (Å²) in [7, 11) is 11.8. The third-order valence-corrected chi connectivity index (χ3v) is 16.5. The molecular formula is C16H18Cl2N2Sn. The Hall–Kier alpha value is -0.581. The van der Waals surface area contributed by atoms with E-state index in [1.54, 1.807) is 12.4 Å². The zero-order valence-electron chi connectivity index (χ0n) is 12.2. The normalized spacial score (nSPS) is 11.2. The van der Waals surface area contributed by atoms with Crippen molar-refractivity contribution < 1.29 is 0 Å². The summed E-state index contributed by atoms with van der Waals surface area (Å²) in [5, 5.41) is 2.28. The van der Waals surface area contributed by atoms with Crippen LogP contribution in [0.15, 0.2) is 48.8 Å². The van der Waals surface area contributed by atoms with E-state index in [0.29, 0.717) is 0 Å². The van der Waals surface area contributed by atoms with Gasteiger partial charge in [0.1, 0.15) is 0 Å². The number of aromatic nitrogens is 2. The van der Waals surface area contributed by atoms with Gasteiger partial charge in [-0.15, -0.1) is 0 Å². The fourth-order valence-corrected chi connectivity index (χ4v) is 3.36. The van der Waals surface area contributed by atoms with E-state index in [-0.39, 0.29) is 0 Å². The molecule has 5 heteroatoms. The average Bonchev–Trinajstić information content (AvgIpc) is 2.55. The van der Waals surface area contributed by atoms with Crippen LogP contribution in [0.25, 0.3) is 21.8 Å². The molecule has 0 bridgehead atoms. The second-order valence-electron chi connectivity index (χ2n) is 4.78. The minimum atomic E-state index is -2.34. The second kappa shape index (κ2) is 7.61. The first-order valence-electron chi connectivity index (χ1n) is 7.03. The maximum Gasteiger partial charge on any atom is 0.0964 e. The largest absolute Gasteiger partial charge is 0.254 e. The van der Waals surface area contributed by atoms with Gasteiger partial charge in [-0.1, -0.05) is 24.3 Å². The van der Waals surface area contributed by atoms with E-state index < -0.39 is 16.1 Å². The van der Waals surface area contributed by atoms with Crippen LogP contribution >= 0.6 is 17.8 Å². The van der Waals surface area contributed by atoms with Crippen molar-refractivity contribution in [2.24, 2.45) is 0 Å². The molecule has 0 spiro atoms. The summed E-state index contributed by atoms with van der Waals surface area (Å²) in [6.07, 6.45) is 3.60. The second-order valence-corrected chi connectivity index (χ2v) is 24.7. The standard InChI is InChI=1S/C12H8N2.2C2H5.2ClH.Sn/c1-3-9-5-6-10-4-2-8-14-12(10)11(9)13-7-1;2*1-2;;;/h1-8H;2*1H2,2H3;2*1H;/q;;;;;+2/p-2. The Kier molecular flexibility index (Phi) is 6.08. The zero-order valence-corrected chi connectivity index (χ0v) is 16.5. The van der Waals surface area contributed by atoms with E-state index in [1.807, 2.05) is 12.1 Å². The molecule has 0 aliphatic rings. The van der Waals surface area contributed by atoms with Crippen molar-refractivity contribution in [3.63, 3.8) is 0 Å². The van der Waals surface area contributed by atoms with Crippen molar-refractivity contribution in [2.45, 2.75) is 22.7 Å². The minimum absolute atomic E-state index is 0.977. The van der Waals surface area contributed by atoms with Crippen molar-refractivity contribution in [1.29, 1.82) is 0 Å². The SMILES string of the molecule is C[CH2][Sn]([Cl])([Cl])[CH2]C.c1cnc2c(c1)ccc1cccnc12. The Balaban J connectivity index is 0.000000199. The molecule has 0 atom stereocenters. The van der Waals surface area contributed by atoms with Crippen LogP contribution in [0.4, 0.5) is 0 Å². The number of nitrogens with zero attached hydrogens (tertiary/aromatic N) is 2. The van der Waals surface area contributed by atoms with Gasteiger partial charge in [0.05, 0.1) is 11.0 Å². The predicted molar refractivity (Wildman–Crippen MR) is 95.5 cm³/mol. The van der Waals surface area contributed by atoms with Crippen LogP contribution in [0.3, 0.4) is 0 Å². The quantitative estimate of drug-likeness (QED) is 0.385. The van der Waals surface area contributed by atoms with E-state index >= 15 is 0 Å². The summed E-state index contributed by atoms with van der Waals surface area (Å²) in [4.78, 5) is 8.69. The number of hydrogen-bond donors (Lipinski definition) is 0. The number of benzene rings is 1. The van der Waals surface area contributed by atoms with Crippen LogP contribution in [0.5, 0.6) is 0 Å². The van der Waals surface area contributed by atoms with Gasteiger partial charge in [0.25, 0.3) is 0 Å². The molecule has 0 amide bonds. The molecule has 2 heterocycles. The third kappa shape index (κ3) is 4.44. The molecule has 0 saturated heterocycles. The third-order valence-electron chi connectivity index (χ3n) is 3.38. The summed E-state index contributed by atoms with van der Waals surface area (Å²) < 4.78 is 2.07. The number of fused-ring (bicyclic) bond motifs is 3. The van der Waals surface area contributed by atoms with Gasteiger partial charge in [0.2, 0.25) is 0 Å². The first kappa shape index (κ1) is 16.8. The van der Waals surface area contributed by atoms with Crippen molar-refractivity contribution in [3.8, 4) is 0 Å². The van der Waals surface area contributed by atoms with Crippen molar-refractivity contribution in [1.82, 2.24) is 9.97 Å². The molecule has 0 aliphatic carbocycles. The summed E-state index contributed by atoms with van der Waals surface area (Å²) in [6.45, 7) is 4.14. The number of hydrogen-bond acceptors (Lipinski definition) is 2. The van der Waals surface area contributed by atoms with Crippen molar-refractivity contribution in [2.75, 3.05) is 0 Å². The van der Waals surface area contributed by atoms with Gasteiger partial charge >= 0.3 is 56.7 Å². The first-order valence-corrected chi connectivity index (χ1v) is 18.3. The Morgan fingerprint density at radius 3 is 1.57 bits per heavy atom. The fourth-order valence-electron chi connectivity index (χ4n) is 1.93. The summed E-state index contributed by atoms with van der Waals surface area (Å²) >= 11 is -2.34. The maximum absolute atomic E-state index is 5.88. The number of rotatable bonds is 2. The number of pyridine rings is 2. The Bertz CT molecular complexity index is 671.